The van der Waals surface area contributed by atoms with Crippen LogP contribution in [0.2, 0.25) is 0 Å². The van der Waals surface area contributed by atoms with Gasteiger partial charge in [0.05, 0.1) is 27.1 Å². The topological polar surface area (TPSA) is 182 Å². The normalized spacial score (nSPS) is 17.2. The number of aliphatic carboxylic acids is 2. The summed E-state index contributed by atoms with van der Waals surface area (Å²) in [5.41, 5.74) is 2.28. The van der Waals surface area contributed by atoms with Gasteiger partial charge in [0.1, 0.15) is 34.6 Å². The van der Waals surface area contributed by atoms with Gasteiger partial charge in [-0.2, -0.15) is 0 Å². The van der Waals surface area contributed by atoms with E-state index >= 15 is 0 Å². The molecule has 1 fully saturated rings. The number of carboxylic acid groups (broad SMARTS) is 2. The third-order valence-corrected chi connectivity index (χ3v) is 7.17. The summed E-state index contributed by atoms with van der Waals surface area (Å²) in [7, 11) is 3.17. The molecule has 14 heteroatoms. The second-order valence-electron chi connectivity index (χ2n) is 10.6. The van der Waals surface area contributed by atoms with Crippen LogP contribution in [0.25, 0.3) is 12.2 Å². The molecule has 5 rings (SSSR count). The lowest BCUT2D eigenvalue weighted by atomic mass is 10.2. The standard InChI is InChI=1S/2C15H16N2O4.C4H10N2/c2*1-10-16-13(15(20)17(10)8-7-14(18)19)9-11-3-5-12(21-2)6-4-11;1-2-6-4-3-5-1/h2*3-6,9H,7-8H2,1-2H3,(H,18,19);5-6H,1-4H2/b2*13-9+;. The zero-order valence-corrected chi connectivity index (χ0v) is 27.6. The molecule has 3 aliphatic heterocycles. The Bertz CT molecular complexity index is 1440. The van der Waals surface area contributed by atoms with E-state index in [1.807, 2.05) is 24.3 Å². The summed E-state index contributed by atoms with van der Waals surface area (Å²) in [6, 6.07) is 14.5. The molecule has 3 aliphatic rings. The van der Waals surface area contributed by atoms with Crippen molar-refractivity contribution in [2.45, 2.75) is 26.7 Å². The molecule has 0 atom stereocenters. The third-order valence-electron chi connectivity index (χ3n) is 7.17. The van der Waals surface area contributed by atoms with Gasteiger partial charge in [0.15, 0.2) is 0 Å². The molecule has 2 amide bonds. The van der Waals surface area contributed by atoms with Gasteiger partial charge < -0.3 is 30.3 Å². The second kappa shape index (κ2) is 18.7. The molecule has 4 N–H and O–H groups in total. The minimum Gasteiger partial charge on any atom is -0.497 e. The lowest BCUT2D eigenvalue weighted by Crippen LogP contribution is -2.39. The van der Waals surface area contributed by atoms with Crippen molar-refractivity contribution in [3.8, 4) is 11.5 Å². The van der Waals surface area contributed by atoms with Gasteiger partial charge in [0.2, 0.25) is 0 Å². The van der Waals surface area contributed by atoms with E-state index in [0.717, 1.165) is 48.8 Å². The van der Waals surface area contributed by atoms with E-state index in [9.17, 15) is 19.2 Å². The number of carbonyl (C=O) groups excluding carboxylic acids is 2. The zero-order valence-electron chi connectivity index (χ0n) is 27.6. The molecule has 0 aliphatic carbocycles. The molecule has 1 saturated heterocycles. The number of hydrogen-bond acceptors (Lipinski definition) is 10. The Morgan fingerprint density at radius 1 is 0.688 bits per heavy atom. The first-order valence-corrected chi connectivity index (χ1v) is 15.3. The van der Waals surface area contributed by atoms with Crippen molar-refractivity contribution >= 4 is 47.6 Å². The SMILES string of the molecule is C1CNCCN1.COc1ccc(/C=C2/N=C(C)N(CCC(=O)O)C2=O)cc1.COc1ccc(/C=C2/N=C(C)N(CCC(=O)O)C2=O)cc1. The number of aliphatic imine (C=N–C) groups is 2. The van der Waals surface area contributed by atoms with Crippen LogP contribution >= 0.6 is 0 Å². The Hall–Kier alpha value is -5.34. The van der Waals surface area contributed by atoms with Crippen LogP contribution < -0.4 is 20.1 Å². The van der Waals surface area contributed by atoms with Crippen molar-refractivity contribution in [3.05, 3.63) is 71.1 Å². The van der Waals surface area contributed by atoms with Gasteiger partial charge in [0, 0.05) is 39.3 Å². The monoisotopic (exact) mass is 662 g/mol. The first kappa shape index (κ1) is 37.1. The molecule has 0 bridgehead atoms. The number of methoxy groups -OCH3 is 2. The molecule has 0 radical (unpaired) electrons. The highest BCUT2D eigenvalue weighted by Crippen LogP contribution is 2.21. The predicted molar refractivity (Wildman–Crippen MR) is 182 cm³/mol. The fourth-order valence-corrected chi connectivity index (χ4v) is 4.58. The number of amidine groups is 2. The van der Waals surface area contributed by atoms with Crippen molar-refractivity contribution in [2.24, 2.45) is 9.98 Å². The number of amides is 2. The van der Waals surface area contributed by atoms with E-state index in [0.29, 0.717) is 23.1 Å². The second-order valence-corrected chi connectivity index (χ2v) is 10.6. The maximum atomic E-state index is 12.2. The maximum absolute atomic E-state index is 12.2. The Labute approximate surface area is 279 Å². The molecule has 3 heterocycles. The maximum Gasteiger partial charge on any atom is 0.305 e. The van der Waals surface area contributed by atoms with Crippen molar-refractivity contribution in [1.29, 1.82) is 0 Å². The molecule has 0 unspecified atom stereocenters. The number of carboxylic acids is 2. The number of benzene rings is 2. The van der Waals surface area contributed by atoms with Gasteiger partial charge in [-0.05, 0) is 61.4 Å². The van der Waals surface area contributed by atoms with E-state index in [1.54, 1.807) is 64.5 Å². The van der Waals surface area contributed by atoms with E-state index in [1.165, 1.54) is 9.80 Å². The number of piperazine rings is 1. The molecule has 0 saturated carbocycles. The van der Waals surface area contributed by atoms with E-state index in [4.69, 9.17) is 19.7 Å². The van der Waals surface area contributed by atoms with Crippen LogP contribution in [0, 0.1) is 0 Å². The largest absolute Gasteiger partial charge is 0.497 e. The van der Waals surface area contributed by atoms with Crippen LogP contribution in [-0.2, 0) is 19.2 Å². The van der Waals surface area contributed by atoms with Crippen molar-refractivity contribution in [2.75, 3.05) is 53.5 Å². The van der Waals surface area contributed by atoms with E-state index < -0.39 is 11.9 Å². The predicted octanol–water partition coefficient (Wildman–Crippen LogP) is 2.72. The van der Waals surface area contributed by atoms with Gasteiger partial charge >= 0.3 is 11.9 Å². The van der Waals surface area contributed by atoms with Crippen LogP contribution in [0.5, 0.6) is 11.5 Å². The molecule has 0 aromatic heterocycles. The van der Waals surface area contributed by atoms with Gasteiger partial charge in [-0.3, -0.25) is 29.0 Å². The van der Waals surface area contributed by atoms with Gasteiger partial charge in [-0.15, -0.1) is 0 Å². The lowest BCUT2D eigenvalue weighted by molar-refractivity contribution is -0.138. The molecule has 2 aromatic rings. The molecule has 2 aromatic carbocycles. The Balaban J connectivity index is 0.000000222. The number of hydrogen-bond donors (Lipinski definition) is 4. The molecular formula is C34H42N6O8. The number of carbonyl (C=O) groups is 4. The number of rotatable bonds is 10. The summed E-state index contributed by atoms with van der Waals surface area (Å²) < 4.78 is 10.1. The Morgan fingerprint density at radius 3 is 1.29 bits per heavy atom. The summed E-state index contributed by atoms with van der Waals surface area (Å²) in [6.45, 7) is 8.19. The highest BCUT2D eigenvalue weighted by molar-refractivity contribution is 6.14. The number of nitrogens with one attached hydrogen (secondary N) is 2. The summed E-state index contributed by atoms with van der Waals surface area (Å²) in [6.07, 6.45) is 3.14. The highest BCUT2D eigenvalue weighted by Gasteiger charge is 2.28. The first-order chi connectivity index (χ1) is 23.0. The quantitative estimate of drug-likeness (QED) is 0.276. The lowest BCUT2D eigenvalue weighted by Gasteiger charge is -2.13. The number of ether oxygens (including phenoxy) is 2. The van der Waals surface area contributed by atoms with Gasteiger partial charge in [-0.1, -0.05) is 24.3 Å². The van der Waals surface area contributed by atoms with Crippen LogP contribution in [0.1, 0.15) is 37.8 Å². The zero-order chi connectivity index (χ0) is 35.1. The molecule has 14 nitrogen and oxygen atoms in total. The summed E-state index contributed by atoms with van der Waals surface area (Å²) in [4.78, 5) is 56.7. The minimum absolute atomic E-state index is 0.103. The van der Waals surface area contributed by atoms with Crippen molar-refractivity contribution < 1.29 is 38.9 Å². The summed E-state index contributed by atoms with van der Waals surface area (Å²) >= 11 is 0. The summed E-state index contributed by atoms with van der Waals surface area (Å²) in [5, 5.41) is 23.8. The summed E-state index contributed by atoms with van der Waals surface area (Å²) in [5.74, 6) is 0.0675. The molecule has 48 heavy (non-hydrogen) atoms. The van der Waals surface area contributed by atoms with E-state index in [2.05, 4.69) is 20.6 Å². The third kappa shape index (κ3) is 11.5. The van der Waals surface area contributed by atoms with Crippen LogP contribution in [0.4, 0.5) is 0 Å². The molecule has 256 valence electrons. The highest BCUT2D eigenvalue weighted by atomic mass is 16.5. The van der Waals surface area contributed by atoms with Crippen molar-refractivity contribution in [3.63, 3.8) is 0 Å². The molecular weight excluding hydrogens is 620 g/mol. The smallest absolute Gasteiger partial charge is 0.305 e. The number of nitrogens with zero attached hydrogens (tertiary/aromatic N) is 4. The fourth-order valence-electron chi connectivity index (χ4n) is 4.58. The molecule has 0 spiro atoms. The van der Waals surface area contributed by atoms with Crippen LogP contribution in [0.3, 0.4) is 0 Å². The van der Waals surface area contributed by atoms with Crippen molar-refractivity contribution in [1.82, 2.24) is 20.4 Å². The minimum atomic E-state index is -0.941. The van der Waals surface area contributed by atoms with Crippen LogP contribution in [0.15, 0.2) is 69.9 Å². The van der Waals surface area contributed by atoms with E-state index in [-0.39, 0.29) is 37.7 Å². The average Bonchev–Trinajstić information content (AvgIpc) is 3.51. The Kier molecular flexibility index (Phi) is 14.5. The van der Waals surface area contributed by atoms with Crippen LogP contribution in [-0.4, -0.2) is 109 Å². The fraction of sp³-hybridized carbons (Fsp3) is 0.353. The first-order valence-electron chi connectivity index (χ1n) is 15.3. The van der Waals surface area contributed by atoms with Gasteiger partial charge in [-0.25, -0.2) is 9.98 Å². The average molecular weight is 663 g/mol. The van der Waals surface area contributed by atoms with Gasteiger partial charge in [0.25, 0.3) is 11.8 Å². The Morgan fingerprint density at radius 2 is 1.02 bits per heavy atom.